The Morgan fingerprint density at radius 3 is 2.43 bits per heavy atom. The van der Waals surface area contributed by atoms with Crippen molar-refractivity contribution in [3.8, 4) is 5.75 Å². The highest BCUT2D eigenvalue weighted by atomic mass is 16.5. The van der Waals surface area contributed by atoms with Crippen molar-refractivity contribution >= 4 is 17.4 Å². The van der Waals surface area contributed by atoms with Crippen LogP contribution in [0.15, 0.2) is 41.3 Å². The summed E-state index contributed by atoms with van der Waals surface area (Å²) >= 11 is 0. The SMILES string of the molecule is COc1ccc(Cn2ccc3c(c2=O)C(=O)CC(=O)N3C)cc1. The average Bonchev–Trinajstić information content (AvgIpc) is 2.55. The van der Waals surface area contributed by atoms with Crippen molar-refractivity contribution < 1.29 is 14.3 Å². The van der Waals surface area contributed by atoms with E-state index in [0.717, 1.165) is 11.3 Å². The number of nitrogens with zero attached hydrogens (tertiary/aromatic N) is 2. The summed E-state index contributed by atoms with van der Waals surface area (Å²) in [6.07, 6.45) is 1.35. The number of pyridine rings is 1. The van der Waals surface area contributed by atoms with Crippen LogP contribution < -0.4 is 15.2 Å². The van der Waals surface area contributed by atoms with Crippen molar-refractivity contribution in [2.75, 3.05) is 19.1 Å². The van der Waals surface area contributed by atoms with Crippen LogP contribution in [0, 0.1) is 0 Å². The molecule has 3 rings (SSSR count). The number of Topliss-reactive ketones (excluding diaryl/α,β-unsaturated/α-hetero) is 1. The van der Waals surface area contributed by atoms with Gasteiger partial charge in [-0.3, -0.25) is 14.4 Å². The molecule has 0 radical (unpaired) electrons. The molecule has 1 aliphatic heterocycles. The van der Waals surface area contributed by atoms with Gasteiger partial charge in [0.25, 0.3) is 5.56 Å². The second-order valence-electron chi connectivity index (χ2n) is 5.41. The summed E-state index contributed by atoms with van der Waals surface area (Å²) in [7, 11) is 3.16. The minimum Gasteiger partial charge on any atom is -0.497 e. The molecule has 2 heterocycles. The number of aromatic nitrogens is 1. The van der Waals surface area contributed by atoms with Gasteiger partial charge in [-0.2, -0.15) is 0 Å². The second-order valence-corrected chi connectivity index (χ2v) is 5.41. The van der Waals surface area contributed by atoms with Crippen molar-refractivity contribution in [1.29, 1.82) is 0 Å². The summed E-state index contributed by atoms with van der Waals surface area (Å²) in [5.41, 5.74) is 1.01. The molecule has 6 heteroatoms. The summed E-state index contributed by atoms with van der Waals surface area (Å²) in [6.45, 7) is 0.348. The normalized spacial score (nSPS) is 13.9. The van der Waals surface area contributed by atoms with Gasteiger partial charge in [-0.25, -0.2) is 0 Å². The van der Waals surface area contributed by atoms with Crippen molar-refractivity contribution in [3.63, 3.8) is 0 Å². The van der Waals surface area contributed by atoms with Gasteiger partial charge >= 0.3 is 0 Å². The zero-order valence-electron chi connectivity index (χ0n) is 12.9. The molecular formula is C17H16N2O4. The van der Waals surface area contributed by atoms with Crippen molar-refractivity contribution in [1.82, 2.24) is 4.57 Å². The highest BCUT2D eigenvalue weighted by molar-refractivity contribution is 6.19. The molecule has 0 saturated heterocycles. The minimum absolute atomic E-state index is 0.0862. The first kappa shape index (κ1) is 15.0. The molecule has 0 spiro atoms. The molecule has 23 heavy (non-hydrogen) atoms. The molecule has 2 aromatic rings. The maximum atomic E-state index is 12.6. The van der Waals surface area contributed by atoms with Crippen molar-refractivity contribution in [3.05, 3.63) is 58.0 Å². The third kappa shape index (κ3) is 2.63. The van der Waals surface area contributed by atoms with Gasteiger partial charge in [-0.05, 0) is 23.8 Å². The molecule has 0 bridgehead atoms. The molecule has 118 valence electrons. The highest BCUT2D eigenvalue weighted by Gasteiger charge is 2.30. The third-order valence-corrected chi connectivity index (χ3v) is 3.98. The lowest BCUT2D eigenvalue weighted by Gasteiger charge is -2.24. The molecule has 1 aliphatic rings. The predicted octanol–water partition coefficient (Wildman–Crippen LogP) is 1.45. The minimum atomic E-state index is -0.419. The summed E-state index contributed by atoms with van der Waals surface area (Å²) in [5.74, 6) is 0.0221. The molecule has 0 atom stereocenters. The number of anilines is 1. The van der Waals surface area contributed by atoms with Gasteiger partial charge in [0.05, 0.1) is 25.8 Å². The Morgan fingerprint density at radius 1 is 1.09 bits per heavy atom. The number of hydrogen-bond donors (Lipinski definition) is 0. The quantitative estimate of drug-likeness (QED) is 0.805. The van der Waals surface area contributed by atoms with Gasteiger partial charge in [-0.1, -0.05) is 12.1 Å². The maximum absolute atomic E-state index is 12.6. The molecule has 1 amide bonds. The lowest BCUT2D eigenvalue weighted by atomic mass is 10.0. The topological polar surface area (TPSA) is 68.6 Å². The average molecular weight is 312 g/mol. The van der Waals surface area contributed by atoms with Crippen molar-refractivity contribution in [2.45, 2.75) is 13.0 Å². The molecule has 0 aliphatic carbocycles. The van der Waals surface area contributed by atoms with Crippen LogP contribution in [0.3, 0.4) is 0 Å². The molecule has 0 N–H and O–H groups in total. The van der Waals surface area contributed by atoms with Gasteiger partial charge < -0.3 is 14.2 Å². The van der Waals surface area contributed by atoms with E-state index in [1.807, 2.05) is 24.3 Å². The van der Waals surface area contributed by atoms with Crippen LogP contribution in [0.4, 0.5) is 5.69 Å². The number of benzene rings is 1. The van der Waals surface area contributed by atoms with E-state index in [2.05, 4.69) is 0 Å². The number of ether oxygens (including phenoxy) is 1. The smallest absolute Gasteiger partial charge is 0.263 e. The van der Waals surface area contributed by atoms with E-state index in [1.165, 1.54) is 9.47 Å². The Balaban J connectivity index is 1.99. The van der Waals surface area contributed by atoms with Gasteiger partial charge in [-0.15, -0.1) is 0 Å². The molecule has 0 fully saturated rings. The zero-order valence-corrected chi connectivity index (χ0v) is 12.9. The standard InChI is InChI=1S/C17H16N2O4/c1-18-13-7-8-19(10-11-3-5-12(23-2)6-4-11)17(22)16(13)14(20)9-15(18)21/h3-8H,9-10H2,1-2H3. The van der Waals surface area contributed by atoms with Crippen LogP contribution in [0.25, 0.3) is 0 Å². The van der Waals surface area contributed by atoms with Crippen LogP contribution in [0.5, 0.6) is 5.75 Å². The number of carbonyl (C=O) groups is 2. The maximum Gasteiger partial charge on any atom is 0.263 e. The summed E-state index contributed by atoms with van der Waals surface area (Å²) < 4.78 is 6.58. The van der Waals surface area contributed by atoms with Gasteiger partial charge in [0.2, 0.25) is 5.91 Å². The Hall–Kier alpha value is -2.89. The Bertz CT molecular complexity index is 837. The molecule has 1 aromatic heterocycles. The Kier molecular flexibility index (Phi) is 3.73. The van der Waals surface area contributed by atoms with E-state index >= 15 is 0 Å². The fourth-order valence-electron chi connectivity index (χ4n) is 2.64. The number of fused-ring (bicyclic) bond motifs is 1. The summed E-state index contributed by atoms with van der Waals surface area (Å²) in [5, 5.41) is 0. The highest BCUT2D eigenvalue weighted by Crippen LogP contribution is 2.23. The molecule has 6 nitrogen and oxygen atoms in total. The fourth-order valence-corrected chi connectivity index (χ4v) is 2.64. The van der Waals surface area contributed by atoms with Gasteiger partial charge in [0.1, 0.15) is 11.3 Å². The number of ketones is 1. The first-order valence-corrected chi connectivity index (χ1v) is 7.17. The van der Waals surface area contributed by atoms with Crippen LogP contribution in [0.1, 0.15) is 22.3 Å². The monoisotopic (exact) mass is 312 g/mol. The van der Waals surface area contributed by atoms with E-state index in [0.29, 0.717) is 12.2 Å². The van der Waals surface area contributed by atoms with Crippen LogP contribution in [0.2, 0.25) is 0 Å². The van der Waals surface area contributed by atoms with Crippen LogP contribution in [-0.4, -0.2) is 30.4 Å². The van der Waals surface area contributed by atoms with Gasteiger partial charge in [0, 0.05) is 13.2 Å². The first-order valence-electron chi connectivity index (χ1n) is 7.17. The summed E-state index contributed by atoms with van der Waals surface area (Å²) in [4.78, 5) is 37.7. The lowest BCUT2D eigenvalue weighted by molar-refractivity contribution is -0.117. The zero-order chi connectivity index (χ0) is 16.6. The molecule has 1 aromatic carbocycles. The lowest BCUT2D eigenvalue weighted by Crippen LogP contribution is -2.39. The van der Waals surface area contributed by atoms with Crippen LogP contribution >= 0.6 is 0 Å². The predicted molar refractivity (Wildman–Crippen MR) is 85.2 cm³/mol. The van der Waals surface area contributed by atoms with Crippen LogP contribution in [-0.2, 0) is 11.3 Å². The number of rotatable bonds is 3. The second kappa shape index (κ2) is 5.72. The molecule has 0 unspecified atom stereocenters. The molecule has 0 saturated carbocycles. The van der Waals surface area contributed by atoms with E-state index in [1.54, 1.807) is 26.4 Å². The van der Waals surface area contributed by atoms with E-state index < -0.39 is 5.78 Å². The third-order valence-electron chi connectivity index (χ3n) is 3.98. The Labute approximate surface area is 132 Å². The van der Waals surface area contributed by atoms with Gasteiger partial charge in [0.15, 0.2) is 5.78 Å². The number of carbonyl (C=O) groups excluding carboxylic acids is 2. The Morgan fingerprint density at radius 2 is 1.78 bits per heavy atom. The number of amides is 1. The number of hydrogen-bond acceptors (Lipinski definition) is 4. The fraction of sp³-hybridized carbons (Fsp3) is 0.235. The van der Waals surface area contributed by atoms with E-state index in [-0.39, 0.29) is 23.5 Å². The molecular weight excluding hydrogens is 296 g/mol. The largest absolute Gasteiger partial charge is 0.497 e. The van der Waals surface area contributed by atoms with E-state index in [4.69, 9.17) is 4.74 Å². The summed E-state index contributed by atoms with van der Waals surface area (Å²) in [6, 6.07) is 8.99. The van der Waals surface area contributed by atoms with E-state index in [9.17, 15) is 14.4 Å². The van der Waals surface area contributed by atoms with Crippen molar-refractivity contribution in [2.24, 2.45) is 0 Å². The number of methoxy groups -OCH3 is 1. The first-order chi connectivity index (χ1) is 11.0.